The molecule has 0 heterocycles. The molecule has 0 radical (unpaired) electrons. The molecule has 0 saturated heterocycles. The Balaban J connectivity index is 1.98. The van der Waals surface area contributed by atoms with Crippen LogP contribution in [-0.4, -0.2) is 6.04 Å². The van der Waals surface area contributed by atoms with Gasteiger partial charge in [-0.15, -0.1) is 0 Å². The predicted molar refractivity (Wildman–Crippen MR) is 70.1 cm³/mol. The number of hydrogen-bond donors (Lipinski definition) is 1. The lowest BCUT2D eigenvalue weighted by atomic mass is 10.1. The quantitative estimate of drug-likeness (QED) is 0.832. The molecule has 88 valence electrons. The number of halogens is 1. The van der Waals surface area contributed by atoms with Gasteiger partial charge in [0, 0.05) is 11.7 Å². The average Bonchev–Trinajstić information content (AvgIpc) is 2.33. The summed E-state index contributed by atoms with van der Waals surface area (Å²) in [4.78, 5) is 0. The fraction of sp³-hybridized carbons (Fsp3) is 0.200. The number of nitrogens with one attached hydrogen (secondary N) is 1. The maximum Gasteiger partial charge on any atom is 0.119 e. The fourth-order valence-electron chi connectivity index (χ4n) is 1.76. The second-order valence-electron chi connectivity index (χ2n) is 4.28. The summed E-state index contributed by atoms with van der Waals surface area (Å²) < 4.78 is 12.8. The summed E-state index contributed by atoms with van der Waals surface area (Å²) >= 11 is 0. The number of aryl methyl sites for hydroxylation is 1. The van der Waals surface area contributed by atoms with Crippen LogP contribution in [0, 0.1) is 6.92 Å². The average molecular weight is 229 g/mol. The van der Waals surface area contributed by atoms with E-state index in [1.165, 1.54) is 11.6 Å². The van der Waals surface area contributed by atoms with E-state index < -0.39 is 0 Å². The third kappa shape index (κ3) is 3.06. The predicted octanol–water partition coefficient (Wildman–Crippen LogP) is 3.74. The van der Waals surface area contributed by atoms with Crippen molar-refractivity contribution in [1.82, 2.24) is 5.32 Å². The minimum atomic E-state index is -0.163. The minimum Gasteiger partial charge on any atom is -0.379 e. The van der Waals surface area contributed by atoms with Crippen LogP contribution in [0.3, 0.4) is 0 Å². The van der Waals surface area contributed by atoms with Gasteiger partial charge in [0.1, 0.15) is 5.83 Å². The lowest BCUT2D eigenvalue weighted by Gasteiger charge is -2.19. The molecule has 1 aromatic carbocycles. The summed E-state index contributed by atoms with van der Waals surface area (Å²) in [5.41, 5.74) is 3.17. The van der Waals surface area contributed by atoms with Crippen LogP contribution in [0.4, 0.5) is 4.39 Å². The van der Waals surface area contributed by atoms with E-state index >= 15 is 0 Å². The highest BCUT2D eigenvalue weighted by atomic mass is 19.1. The highest BCUT2D eigenvalue weighted by Gasteiger charge is 2.09. The van der Waals surface area contributed by atoms with Gasteiger partial charge in [0.15, 0.2) is 0 Å². The van der Waals surface area contributed by atoms with Gasteiger partial charge in [-0.25, -0.2) is 4.39 Å². The van der Waals surface area contributed by atoms with Crippen LogP contribution in [0.2, 0.25) is 0 Å². The molecule has 0 bridgehead atoms. The maximum absolute atomic E-state index is 12.8. The molecule has 1 nitrogen and oxygen atoms in total. The van der Waals surface area contributed by atoms with E-state index in [0.29, 0.717) is 6.42 Å². The van der Waals surface area contributed by atoms with Crippen molar-refractivity contribution in [2.24, 2.45) is 0 Å². The zero-order chi connectivity index (χ0) is 12.3. The van der Waals surface area contributed by atoms with Crippen LogP contribution in [-0.2, 0) is 0 Å². The van der Waals surface area contributed by atoms with Crippen molar-refractivity contribution in [3.8, 4) is 0 Å². The van der Waals surface area contributed by atoms with Crippen LogP contribution >= 0.6 is 0 Å². The van der Waals surface area contributed by atoms with Gasteiger partial charge in [-0.3, -0.25) is 0 Å². The first kappa shape index (κ1) is 11.6. The second kappa shape index (κ2) is 5.00. The summed E-state index contributed by atoms with van der Waals surface area (Å²) in [5, 5.41) is 3.28. The number of allylic oxidation sites excluding steroid dienone is 2. The van der Waals surface area contributed by atoms with Gasteiger partial charge in [0.25, 0.3) is 0 Å². The molecule has 0 amide bonds. The van der Waals surface area contributed by atoms with Gasteiger partial charge >= 0.3 is 0 Å². The van der Waals surface area contributed by atoms with Crippen molar-refractivity contribution >= 4 is 5.70 Å². The van der Waals surface area contributed by atoms with Crippen molar-refractivity contribution in [1.29, 1.82) is 0 Å². The van der Waals surface area contributed by atoms with E-state index in [1.807, 2.05) is 18.2 Å². The standard InChI is InChI=1S/C15H16FN/c1-11-3-5-13(6-4-11)12(2)17-15-9-7-14(16)8-10-15/h3-9,15,17H,2,10H2,1H3. The Hall–Kier alpha value is -1.83. The molecular weight excluding hydrogens is 213 g/mol. The monoisotopic (exact) mass is 229 g/mol. The van der Waals surface area contributed by atoms with E-state index in [2.05, 4.69) is 31.0 Å². The van der Waals surface area contributed by atoms with Gasteiger partial charge in [0.05, 0.1) is 0 Å². The Kier molecular flexibility index (Phi) is 3.43. The molecule has 0 spiro atoms. The molecule has 0 saturated carbocycles. The number of rotatable bonds is 3. The van der Waals surface area contributed by atoms with E-state index in [1.54, 1.807) is 6.08 Å². The van der Waals surface area contributed by atoms with Crippen molar-refractivity contribution < 1.29 is 4.39 Å². The molecule has 1 unspecified atom stereocenters. The summed E-state index contributed by atoms with van der Waals surface area (Å²) in [6.07, 6.45) is 5.56. The maximum atomic E-state index is 12.8. The Morgan fingerprint density at radius 1 is 1.35 bits per heavy atom. The van der Waals surface area contributed by atoms with Crippen LogP contribution < -0.4 is 5.32 Å². The highest BCUT2D eigenvalue weighted by Crippen LogP contribution is 2.16. The Labute approximate surface area is 101 Å². The fourth-order valence-corrected chi connectivity index (χ4v) is 1.76. The van der Waals surface area contributed by atoms with Crippen LogP contribution in [0.15, 0.2) is 54.9 Å². The van der Waals surface area contributed by atoms with Gasteiger partial charge in [-0.1, -0.05) is 42.5 Å². The van der Waals surface area contributed by atoms with Gasteiger partial charge < -0.3 is 5.32 Å². The molecule has 2 rings (SSSR count). The Bertz CT molecular complexity index is 468. The lowest BCUT2D eigenvalue weighted by molar-refractivity contribution is 0.626. The third-order valence-electron chi connectivity index (χ3n) is 2.81. The van der Waals surface area contributed by atoms with Gasteiger partial charge in [-0.05, 0) is 31.1 Å². The minimum absolute atomic E-state index is 0.128. The molecule has 1 atom stereocenters. The Morgan fingerprint density at radius 2 is 2.06 bits per heavy atom. The first-order valence-corrected chi connectivity index (χ1v) is 5.71. The van der Waals surface area contributed by atoms with Crippen molar-refractivity contribution in [2.75, 3.05) is 0 Å². The smallest absolute Gasteiger partial charge is 0.119 e. The topological polar surface area (TPSA) is 12.0 Å². The molecule has 1 aliphatic carbocycles. The zero-order valence-electron chi connectivity index (χ0n) is 9.91. The van der Waals surface area contributed by atoms with E-state index in [9.17, 15) is 4.39 Å². The SMILES string of the molecule is C=C(NC1C=CC(F)=CC1)c1ccc(C)cc1. The van der Waals surface area contributed by atoms with E-state index in [0.717, 1.165) is 11.3 Å². The summed E-state index contributed by atoms with van der Waals surface area (Å²) in [6.45, 7) is 6.06. The zero-order valence-corrected chi connectivity index (χ0v) is 9.91. The van der Waals surface area contributed by atoms with Crippen LogP contribution in [0.5, 0.6) is 0 Å². The number of benzene rings is 1. The van der Waals surface area contributed by atoms with E-state index in [-0.39, 0.29) is 11.9 Å². The molecule has 1 N–H and O–H groups in total. The van der Waals surface area contributed by atoms with Crippen LogP contribution in [0.25, 0.3) is 5.70 Å². The van der Waals surface area contributed by atoms with Gasteiger partial charge in [0.2, 0.25) is 0 Å². The third-order valence-corrected chi connectivity index (χ3v) is 2.81. The molecule has 0 fully saturated rings. The Morgan fingerprint density at radius 3 is 2.65 bits per heavy atom. The van der Waals surface area contributed by atoms with Crippen molar-refractivity contribution in [3.05, 3.63) is 66.0 Å². The lowest BCUT2D eigenvalue weighted by Crippen LogP contribution is -2.25. The molecule has 0 aliphatic heterocycles. The second-order valence-corrected chi connectivity index (χ2v) is 4.28. The molecule has 0 aromatic heterocycles. The summed E-state index contributed by atoms with van der Waals surface area (Å²) in [7, 11) is 0. The first-order chi connectivity index (χ1) is 8.15. The summed E-state index contributed by atoms with van der Waals surface area (Å²) in [6, 6.07) is 8.31. The molecule has 1 aromatic rings. The normalized spacial score (nSPS) is 18.7. The van der Waals surface area contributed by atoms with E-state index in [4.69, 9.17) is 0 Å². The molecule has 17 heavy (non-hydrogen) atoms. The molecule has 1 aliphatic rings. The first-order valence-electron chi connectivity index (χ1n) is 5.71. The van der Waals surface area contributed by atoms with Crippen molar-refractivity contribution in [3.63, 3.8) is 0 Å². The number of hydrogen-bond acceptors (Lipinski definition) is 1. The van der Waals surface area contributed by atoms with Crippen molar-refractivity contribution in [2.45, 2.75) is 19.4 Å². The largest absolute Gasteiger partial charge is 0.379 e. The molecular formula is C15H16FN. The molecule has 2 heteroatoms. The highest BCUT2D eigenvalue weighted by molar-refractivity contribution is 5.62. The van der Waals surface area contributed by atoms with Crippen LogP contribution in [0.1, 0.15) is 17.5 Å². The van der Waals surface area contributed by atoms with Gasteiger partial charge in [-0.2, -0.15) is 0 Å². The summed E-state index contributed by atoms with van der Waals surface area (Å²) in [5.74, 6) is -0.163.